The summed E-state index contributed by atoms with van der Waals surface area (Å²) in [6, 6.07) is 6.14. The Balaban J connectivity index is 1.43. The molecule has 29 heavy (non-hydrogen) atoms. The molecule has 1 aromatic heterocycles. The third-order valence-corrected chi connectivity index (χ3v) is 5.38. The van der Waals surface area contributed by atoms with Gasteiger partial charge in [-0.1, -0.05) is 0 Å². The van der Waals surface area contributed by atoms with E-state index in [2.05, 4.69) is 30.3 Å². The zero-order valence-corrected chi connectivity index (χ0v) is 16.2. The summed E-state index contributed by atoms with van der Waals surface area (Å²) >= 11 is 0. The number of carbonyl (C=O) groups excluding carboxylic acids is 1. The molecule has 2 aliphatic rings. The molecule has 10 heteroatoms. The fourth-order valence-electron chi connectivity index (χ4n) is 3.87. The van der Waals surface area contributed by atoms with Gasteiger partial charge in [0, 0.05) is 57.9 Å². The van der Waals surface area contributed by atoms with Gasteiger partial charge in [0.2, 0.25) is 11.9 Å². The van der Waals surface area contributed by atoms with Crippen LogP contribution in [-0.4, -0.2) is 89.4 Å². The number of piperazine rings is 2. The molecule has 0 saturated carbocycles. The molecule has 2 saturated heterocycles. The lowest BCUT2D eigenvalue weighted by molar-refractivity contribution is -0.131. The van der Waals surface area contributed by atoms with Gasteiger partial charge in [-0.2, -0.15) is 5.10 Å². The second kappa shape index (κ2) is 8.76. The van der Waals surface area contributed by atoms with Crippen LogP contribution in [0.4, 0.5) is 10.3 Å². The number of rotatable bonds is 5. The van der Waals surface area contributed by atoms with Gasteiger partial charge in [0.15, 0.2) is 0 Å². The van der Waals surface area contributed by atoms with Gasteiger partial charge in [-0.25, -0.2) is 9.37 Å². The standard InChI is InChI=1S/C19H25FN8O/c20-15-3-1-14(2-4-15)16-13-23-25-19(24-16)28-11-9-27(10-12-28)18(17(21)29)26-7-5-22-6-8-26/h1-4,13,18,22H,5-12H2,(H2,21,29). The molecule has 4 rings (SSSR count). The van der Waals surface area contributed by atoms with E-state index in [1.807, 2.05) is 4.90 Å². The maximum Gasteiger partial charge on any atom is 0.249 e. The molecule has 2 fully saturated rings. The molecule has 3 N–H and O–H groups in total. The van der Waals surface area contributed by atoms with E-state index >= 15 is 0 Å². The first kappa shape index (κ1) is 19.6. The van der Waals surface area contributed by atoms with E-state index in [0.717, 1.165) is 31.7 Å². The molecule has 154 valence electrons. The average molecular weight is 400 g/mol. The molecule has 0 spiro atoms. The first-order valence-electron chi connectivity index (χ1n) is 9.80. The second-order valence-electron chi connectivity index (χ2n) is 7.23. The van der Waals surface area contributed by atoms with E-state index in [1.165, 1.54) is 12.1 Å². The van der Waals surface area contributed by atoms with Crippen molar-refractivity contribution in [2.24, 2.45) is 5.73 Å². The van der Waals surface area contributed by atoms with Crippen molar-refractivity contribution < 1.29 is 9.18 Å². The summed E-state index contributed by atoms with van der Waals surface area (Å²) in [5.74, 6) is -0.0681. The number of nitrogens with one attached hydrogen (secondary N) is 1. The zero-order chi connectivity index (χ0) is 20.2. The SMILES string of the molecule is NC(=O)C(N1CCNCC1)N1CCN(c2nncc(-c3ccc(F)cc3)n2)CC1. The molecule has 1 unspecified atom stereocenters. The van der Waals surface area contributed by atoms with E-state index in [-0.39, 0.29) is 17.9 Å². The largest absolute Gasteiger partial charge is 0.367 e. The number of nitrogens with two attached hydrogens (primary N) is 1. The molecule has 1 atom stereocenters. The highest BCUT2D eigenvalue weighted by Gasteiger charge is 2.33. The van der Waals surface area contributed by atoms with Crippen molar-refractivity contribution in [2.45, 2.75) is 6.17 Å². The minimum atomic E-state index is -0.385. The lowest BCUT2D eigenvalue weighted by atomic mass is 10.2. The summed E-state index contributed by atoms with van der Waals surface area (Å²) < 4.78 is 13.2. The third-order valence-electron chi connectivity index (χ3n) is 5.38. The fraction of sp³-hybridized carbons (Fsp3) is 0.474. The minimum absolute atomic E-state index is 0.291. The van der Waals surface area contributed by atoms with Crippen molar-refractivity contribution >= 4 is 11.9 Å². The van der Waals surface area contributed by atoms with Gasteiger partial charge in [0.25, 0.3) is 0 Å². The molecule has 0 bridgehead atoms. The second-order valence-corrected chi connectivity index (χ2v) is 7.23. The minimum Gasteiger partial charge on any atom is -0.367 e. The highest BCUT2D eigenvalue weighted by atomic mass is 19.1. The fourth-order valence-corrected chi connectivity index (χ4v) is 3.87. The third kappa shape index (κ3) is 4.50. The number of primary amides is 1. The van der Waals surface area contributed by atoms with Crippen LogP contribution in [0.5, 0.6) is 0 Å². The number of amides is 1. The smallest absolute Gasteiger partial charge is 0.249 e. The Morgan fingerprint density at radius 2 is 1.69 bits per heavy atom. The van der Waals surface area contributed by atoms with Crippen molar-refractivity contribution in [2.75, 3.05) is 57.3 Å². The number of hydrogen-bond donors (Lipinski definition) is 2. The topological polar surface area (TPSA) is 104 Å². The Labute approximate surface area is 168 Å². The van der Waals surface area contributed by atoms with Crippen LogP contribution in [0.2, 0.25) is 0 Å². The average Bonchev–Trinajstić information content (AvgIpc) is 2.75. The molecular formula is C19H25FN8O. The molecule has 3 heterocycles. The molecule has 0 radical (unpaired) electrons. The first-order chi connectivity index (χ1) is 14.1. The van der Waals surface area contributed by atoms with Gasteiger partial charge < -0.3 is 16.0 Å². The monoisotopic (exact) mass is 400 g/mol. The first-order valence-corrected chi connectivity index (χ1v) is 9.80. The van der Waals surface area contributed by atoms with Crippen LogP contribution >= 0.6 is 0 Å². The van der Waals surface area contributed by atoms with Crippen LogP contribution in [0.15, 0.2) is 30.5 Å². The Morgan fingerprint density at radius 3 is 2.34 bits per heavy atom. The van der Waals surface area contributed by atoms with E-state index < -0.39 is 0 Å². The molecular weight excluding hydrogens is 375 g/mol. The van der Waals surface area contributed by atoms with Gasteiger partial charge >= 0.3 is 0 Å². The van der Waals surface area contributed by atoms with E-state index in [0.29, 0.717) is 37.8 Å². The predicted octanol–water partition coefficient (Wildman–Crippen LogP) is -0.484. The number of benzene rings is 1. The quantitative estimate of drug-likeness (QED) is 0.694. The van der Waals surface area contributed by atoms with Crippen LogP contribution < -0.4 is 16.0 Å². The molecule has 1 aromatic carbocycles. The Kier molecular flexibility index (Phi) is 5.93. The highest BCUT2D eigenvalue weighted by molar-refractivity contribution is 5.79. The van der Waals surface area contributed by atoms with Gasteiger partial charge in [-0.05, 0) is 24.3 Å². The molecule has 9 nitrogen and oxygen atoms in total. The van der Waals surface area contributed by atoms with Crippen molar-refractivity contribution in [3.8, 4) is 11.3 Å². The van der Waals surface area contributed by atoms with Crippen LogP contribution in [-0.2, 0) is 4.79 Å². The summed E-state index contributed by atoms with van der Waals surface area (Å²) in [6.07, 6.45) is 1.18. The summed E-state index contributed by atoms with van der Waals surface area (Å²) in [6.45, 7) is 6.04. The number of nitrogens with zero attached hydrogens (tertiary/aromatic N) is 6. The number of hydrogen-bond acceptors (Lipinski definition) is 8. The number of aromatic nitrogens is 3. The Hall–Kier alpha value is -2.69. The van der Waals surface area contributed by atoms with Crippen LogP contribution in [0.1, 0.15) is 0 Å². The maximum atomic E-state index is 13.2. The number of carbonyl (C=O) groups is 1. The van der Waals surface area contributed by atoms with Crippen LogP contribution in [0.25, 0.3) is 11.3 Å². The van der Waals surface area contributed by atoms with E-state index in [1.54, 1.807) is 18.3 Å². The number of anilines is 1. The van der Waals surface area contributed by atoms with Gasteiger partial charge in [-0.15, -0.1) is 5.10 Å². The van der Waals surface area contributed by atoms with Crippen LogP contribution in [0.3, 0.4) is 0 Å². The van der Waals surface area contributed by atoms with Crippen molar-refractivity contribution in [3.05, 3.63) is 36.3 Å². The van der Waals surface area contributed by atoms with Gasteiger partial charge in [0.1, 0.15) is 12.0 Å². The lowest BCUT2D eigenvalue weighted by Gasteiger charge is -2.43. The zero-order valence-electron chi connectivity index (χ0n) is 16.2. The van der Waals surface area contributed by atoms with Crippen molar-refractivity contribution in [1.82, 2.24) is 30.3 Å². The summed E-state index contributed by atoms with van der Waals surface area (Å²) in [7, 11) is 0. The molecule has 2 aliphatic heterocycles. The molecule has 1 amide bonds. The Bertz CT molecular complexity index is 834. The molecule has 0 aliphatic carbocycles. The van der Waals surface area contributed by atoms with Gasteiger partial charge in [0.05, 0.1) is 11.9 Å². The van der Waals surface area contributed by atoms with Crippen molar-refractivity contribution in [1.29, 1.82) is 0 Å². The maximum absolute atomic E-state index is 13.2. The summed E-state index contributed by atoms with van der Waals surface area (Å²) in [4.78, 5) is 23.0. The lowest BCUT2D eigenvalue weighted by Crippen LogP contribution is -2.63. The van der Waals surface area contributed by atoms with Crippen molar-refractivity contribution in [3.63, 3.8) is 0 Å². The Morgan fingerprint density at radius 1 is 1.03 bits per heavy atom. The highest BCUT2D eigenvalue weighted by Crippen LogP contribution is 2.20. The summed E-state index contributed by atoms with van der Waals surface area (Å²) in [5, 5.41) is 11.5. The summed E-state index contributed by atoms with van der Waals surface area (Å²) in [5.41, 5.74) is 7.15. The number of halogens is 1. The van der Waals surface area contributed by atoms with E-state index in [4.69, 9.17) is 5.73 Å². The molecule has 2 aromatic rings. The van der Waals surface area contributed by atoms with E-state index in [9.17, 15) is 9.18 Å². The normalized spacial score (nSPS) is 19.8. The van der Waals surface area contributed by atoms with Gasteiger partial charge in [-0.3, -0.25) is 14.6 Å². The van der Waals surface area contributed by atoms with Crippen LogP contribution in [0, 0.1) is 5.82 Å². The predicted molar refractivity (Wildman–Crippen MR) is 106 cm³/mol.